The Bertz CT molecular complexity index is 1390. The number of fused-ring (bicyclic) bond motifs is 2. The topological polar surface area (TPSA) is 71.5 Å². The molecule has 0 aromatic heterocycles. The molecule has 8 heteroatoms. The van der Waals surface area contributed by atoms with Crippen LogP contribution in [0.4, 0.5) is 4.39 Å². The molecule has 3 aromatic carbocycles. The maximum atomic E-state index is 13.3. The Balaban J connectivity index is 1.15. The van der Waals surface area contributed by atoms with E-state index >= 15 is 0 Å². The first-order valence-electron chi connectivity index (χ1n) is 12.3. The van der Waals surface area contributed by atoms with Crippen molar-refractivity contribution < 1.29 is 28.5 Å². The van der Waals surface area contributed by atoms with Gasteiger partial charge in [0.05, 0.1) is 11.1 Å². The van der Waals surface area contributed by atoms with Crippen LogP contribution in [0, 0.1) is 12.7 Å². The SMILES string of the molecule is Cc1cc(O)c(CN2CCN(Cc3ccc4c(c3)OCO4)CC2)c2c1C(=O)/C(=C/c1ccc(F)cc1)O2. The van der Waals surface area contributed by atoms with Crippen LogP contribution in [0.5, 0.6) is 23.0 Å². The number of carbonyl (C=O) groups is 1. The number of rotatable bonds is 5. The van der Waals surface area contributed by atoms with Crippen LogP contribution < -0.4 is 14.2 Å². The molecule has 3 aliphatic rings. The molecule has 7 nitrogen and oxygen atoms in total. The highest BCUT2D eigenvalue weighted by Gasteiger charge is 2.34. The van der Waals surface area contributed by atoms with E-state index < -0.39 is 0 Å². The number of allylic oxidation sites excluding steroid dienone is 1. The van der Waals surface area contributed by atoms with Crippen LogP contribution in [0.2, 0.25) is 0 Å². The average Bonchev–Trinajstić information content (AvgIpc) is 3.48. The summed E-state index contributed by atoms with van der Waals surface area (Å²) >= 11 is 0. The zero-order valence-electron chi connectivity index (χ0n) is 20.5. The van der Waals surface area contributed by atoms with E-state index in [1.165, 1.54) is 17.7 Å². The van der Waals surface area contributed by atoms with E-state index in [1.807, 2.05) is 12.1 Å². The van der Waals surface area contributed by atoms with E-state index in [2.05, 4.69) is 15.9 Å². The van der Waals surface area contributed by atoms with E-state index in [4.69, 9.17) is 14.2 Å². The number of benzene rings is 3. The molecule has 1 N–H and O–H groups in total. The second-order valence-corrected chi connectivity index (χ2v) is 9.63. The number of halogens is 1. The first kappa shape index (κ1) is 23.5. The van der Waals surface area contributed by atoms with Crippen LogP contribution in [-0.4, -0.2) is 53.7 Å². The fourth-order valence-electron chi connectivity index (χ4n) is 5.07. The molecule has 0 aliphatic carbocycles. The van der Waals surface area contributed by atoms with Gasteiger partial charge >= 0.3 is 0 Å². The third kappa shape index (κ3) is 4.65. The smallest absolute Gasteiger partial charge is 0.232 e. The maximum Gasteiger partial charge on any atom is 0.232 e. The minimum absolute atomic E-state index is 0.120. The number of nitrogens with zero attached hydrogens (tertiary/aromatic N) is 2. The number of ketones is 1. The fraction of sp³-hybridized carbons (Fsp3) is 0.276. The zero-order valence-corrected chi connectivity index (χ0v) is 20.5. The molecule has 6 rings (SSSR count). The van der Waals surface area contributed by atoms with Crippen LogP contribution in [0.3, 0.4) is 0 Å². The summed E-state index contributed by atoms with van der Waals surface area (Å²) in [7, 11) is 0. The largest absolute Gasteiger partial charge is 0.507 e. The molecule has 1 saturated heterocycles. The Morgan fingerprint density at radius 2 is 1.65 bits per heavy atom. The first-order valence-corrected chi connectivity index (χ1v) is 12.3. The molecule has 0 amide bonds. The summed E-state index contributed by atoms with van der Waals surface area (Å²) in [5.41, 5.74) is 3.60. The van der Waals surface area contributed by atoms with Gasteiger partial charge in [0, 0.05) is 39.3 Å². The van der Waals surface area contributed by atoms with Gasteiger partial charge in [0.1, 0.15) is 17.3 Å². The van der Waals surface area contributed by atoms with Crippen LogP contribution in [0.1, 0.15) is 32.6 Å². The number of hydrogen-bond acceptors (Lipinski definition) is 7. The molecular formula is C29H27FN2O5. The van der Waals surface area contributed by atoms with E-state index in [0.29, 0.717) is 34.5 Å². The summed E-state index contributed by atoms with van der Waals surface area (Å²) in [6, 6.07) is 13.6. The highest BCUT2D eigenvalue weighted by atomic mass is 19.1. The first-order chi connectivity index (χ1) is 17.9. The van der Waals surface area contributed by atoms with E-state index in [-0.39, 0.29) is 29.9 Å². The van der Waals surface area contributed by atoms with Crippen molar-refractivity contribution in [2.24, 2.45) is 0 Å². The molecule has 0 atom stereocenters. The average molecular weight is 503 g/mol. The molecule has 0 radical (unpaired) electrons. The number of phenols is 1. The Kier molecular flexibility index (Phi) is 6.06. The third-order valence-electron chi connectivity index (χ3n) is 7.08. The van der Waals surface area contributed by atoms with Gasteiger partial charge < -0.3 is 19.3 Å². The van der Waals surface area contributed by atoms with Crippen LogP contribution >= 0.6 is 0 Å². The number of Topliss-reactive ketones (excluding diaryl/α,β-unsaturated/α-hetero) is 1. The Labute approximate surface area is 214 Å². The second-order valence-electron chi connectivity index (χ2n) is 9.63. The molecule has 37 heavy (non-hydrogen) atoms. The molecule has 190 valence electrons. The molecule has 0 unspecified atom stereocenters. The van der Waals surface area contributed by atoms with E-state index in [9.17, 15) is 14.3 Å². The minimum atomic E-state index is -0.344. The van der Waals surface area contributed by atoms with Crippen molar-refractivity contribution in [1.29, 1.82) is 0 Å². The number of phenolic OH excluding ortho intramolecular Hbond substituents is 1. The summed E-state index contributed by atoms with van der Waals surface area (Å²) in [6.07, 6.45) is 1.61. The highest BCUT2D eigenvalue weighted by Crippen LogP contribution is 2.42. The second kappa shape index (κ2) is 9.53. The van der Waals surface area contributed by atoms with Crippen molar-refractivity contribution >= 4 is 11.9 Å². The molecule has 0 saturated carbocycles. The number of carbonyl (C=O) groups excluding carboxylic acids is 1. The van der Waals surface area contributed by atoms with Crippen molar-refractivity contribution in [3.8, 4) is 23.0 Å². The fourth-order valence-corrected chi connectivity index (χ4v) is 5.07. The summed E-state index contributed by atoms with van der Waals surface area (Å²) in [5.74, 6) is 1.71. The van der Waals surface area contributed by atoms with Crippen LogP contribution in [0.15, 0.2) is 54.3 Å². The monoisotopic (exact) mass is 502 g/mol. The summed E-state index contributed by atoms with van der Waals surface area (Å²) in [5, 5.41) is 10.8. The predicted molar refractivity (Wildman–Crippen MR) is 135 cm³/mol. The van der Waals surface area contributed by atoms with Gasteiger partial charge in [-0.2, -0.15) is 0 Å². The van der Waals surface area contributed by atoms with Gasteiger partial charge in [-0.05, 0) is 60.0 Å². The molecule has 0 spiro atoms. The lowest BCUT2D eigenvalue weighted by atomic mass is 9.99. The summed E-state index contributed by atoms with van der Waals surface area (Å²) in [6.45, 7) is 6.74. The van der Waals surface area contributed by atoms with Gasteiger partial charge in [0.2, 0.25) is 12.6 Å². The number of hydrogen-bond donors (Lipinski definition) is 1. The molecule has 3 aliphatic heterocycles. The summed E-state index contributed by atoms with van der Waals surface area (Å²) in [4.78, 5) is 17.8. The Hall–Kier alpha value is -3.88. The number of piperazine rings is 1. The van der Waals surface area contributed by atoms with Gasteiger partial charge in [-0.15, -0.1) is 0 Å². The van der Waals surface area contributed by atoms with Crippen LogP contribution in [-0.2, 0) is 13.1 Å². The standard InChI is InChI=1S/C29H27FN2O5/c1-18-12-23(33)22(29-27(18)28(34)26(37-29)13-19-2-5-21(30)6-3-19)16-32-10-8-31(9-11-32)15-20-4-7-24-25(14-20)36-17-35-24/h2-7,12-14,33H,8-11,15-17H2,1H3/b26-13-. The van der Waals surface area contributed by atoms with Gasteiger partial charge in [-0.3, -0.25) is 14.6 Å². The van der Waals surface area contributed by atoms with Crippen molar-refractivity contribution in [3.05, 3.63) is 87.9 Å². The predicted octanol–water partition coefficient (Wildman–Crippen LogP) is 4.50. The lowest BCUT2D eigenvalue weighted by molar-refractivity contribution is 0.101. The normalized spacial score (nSPS) is 18.3. The quantitative estimate of drug-likeness (QED) is 0.515. The van der Waals surface area contributed by atoms with Crippen molar-refractivity contribution in [3.63, 3.8) is 0 Å². The third-order valence-corrected chi connectivity index (χ3v) is 7.08. The van der Waals surface area contributed by atoms with Crippen LogP contribution in [0.25, 0.3) is 6.08 Å². The number of ether oxygens (including phenoxy) is 3. The van der Waals surface area contributed by atoms with Gasteiger partial charge in [0.25, 0.3) is 0 Å². The Morgan fingerprint density at radius 3 is 2.41 bits per heavy atom. The molecule has 3 heterocycles. The maximum absolute atomic E-state index is 13.3. The molecule has 0 bridgehead atoms. The lowest BCUT2D eigenvalue weighted by Crippen LogP contribution is -2.45. The minimum Gasteiger partial charge on any atom is -0.507 e. The van der Waals surface area contributed by atoms with E-state index in [1.54, 1.807) is 31.2 Å². The van der Waals surface area contributed by atoms with Crippen molar-refractivity contribution in [2.45, 2.75) is 20.0 Å². The van der Waals surface area contributed by atoms with Gasteiger partial charge in [0.15, 0.2) is 17.3 Å². The van der Waals surface area contributed by atoms with E-state index in [0.717, 1.165) is 44.2 Å². The lowest BCUT2D eigenvalue weighted by Gasteiger charge is -2.35. The van der Waals surface area contributed by atoms with Gasteiger partial charge in [-0.25, -0.2) is 4.39 Å². The molecular weight excluding hydrogens is 475 g/mol. The Morgan fingerprint density at radius 1 is 0.946 bits per heavy atom. The summed E-state index contributed by atoms with van der Waals surface area (Å²) < 4.78 is 30.2. The van der Waals surface area contributed by atoms with Crippen molar-refractivity contribution in [1.82, 2.24) is 9.80 Å². The molecule has 1 fully saturated rings. The number of aromatic hydroxyl groups is 1. The van der Waals surface area contributed by atoms with Gasteiger partial charge in [-0.1, -0.05) is 18.2 Å². The van der Waals surface area contributed by atoms with Crippen molar-refractivity contribution in [2.75, 3.05) is 33.0 Å². The highest BCUT2D eigenvalue weighted by molar-refractivity contribution is 6.15. The number of aryl methyl sites for hydroxylation is 1. The molecule has 3 aromatic rings. The zero-order chi connectivity index (χ0) is 25.5.